The van der Waals surface area contributed by atoms with Crippen LogP contribution in [0.3, 0.4) is 0 Å². The van der Waals surface area contributed by atoms with Crippen LogP contribution in [0.1, 0.15) is 34.3 Å². The van der Waals surface area contributed by atoms with Gasteiger partial charge in [0, 0.05) is 50.8 Å². The van der Waals surface area contributed by atoms with Gasteiger partial charge in [-0.1, -0.05) is 17.7 Å². The Kier molecular flexibility index (Phi) is 5.77. The Morgan fingerprint density at radius 3 is 2.52 bits per heavy atom. The summed E-state index contributed by atoms with van der Waals surface area (Å²) < 4.78 is 0. The lowest BCUT2D eigenvalue weighted by Gasteiger charge is -2.32. The fourth-order valence-electron chi connectivity index (χ4n) is 4.09. The molecule has 2 aliphatic heterocycles. The molecule has 138 valence electrons. The van der Waals surface area contributed by atoms with Gasteiger partial charge in [-0.05, 0) is 44.2 Å². The molecule has 5 nitrogen and oxygen atoms in total. The Bertz CT molecular complexity index is 611. The number of rotatable bonds is 4. The summed E-state index contributed by atoms with van der Waals surface area (Å²) in [6, 6.07) is 5.99. The first-order valence-electron chi connectivity index (χ1n) is 9.35. The summed E-state index contributed by atoms with van der Waals surface area (Å²) in [5.41, 5.74) is 2.87. The van der Waals surface area contributed by atoms with Gasteiger partial charge in [-0.25, -0.2) is 0 Å². The van der Waals surface area contributed by atoms with Crippen LogP contribution in [-0.4, -0.2) is 71.4 Å². The van der Waals surface area contributed by atoms with Crippen molar-refractivity contribution in [3.05, 3.63) is 34.9 Å². The second kappa shape index (κ2) is 7.85. The van der Waals surface area contributed by atoms with Crippen LogP contribution in [0.5, 0.6) is 0 Å². The van der Waals surface area contributed by atoms with Crippen LogP contribution in [0.15, 0.2) is 18.2 Å². The zero-order valence-electron chi connectivity index (χ0n) is 15.3. The van der Waals surface area contributed by atoms with Crippen molar-refractivity contribution in [2.24, 2.45) is 11.8 Å². The summed E-state index contributed by atoms with van der Waals surface area (Å²) in [4.78, 5) is 17.2. The third kappa shape index (κ3) is 4.22. The lowest BCUT2D eigenvalue weighted by molar-refractivity contribution is 0.0679. The third-order valence-electron chi connectivity index (χ3n) is 5.77. The number of carbonyl (C=O) groups excluding carboxylic acids is 1. The molecule has 0 aliphatic carbocycles. The highest BCUT2D eigenvalue weighted by molar-refractivity contribution is 5.96. The Morgan fingerprint density at radius 1 is 1.16 bits per heavy atom. The van der Waals surface area contributed by atoms with E-state index in [0.717, 1.165) is 49.2 Å². The molecule has 1 aromatic rings. The minimum Gasteiger partial charge on any atom is -0.396 e. The SMILES string of the molecule is Cc1ccc(C)c(C(=O)N2C[C@@H](CN3CCC(O)CC3)[C@@H](CO)C2)c1. The molecule has 2 atom stereocenters. The molecule has 2 saturated heterocycles. The van der Waals surface area contributed by atoms with Crippen molar-refractivity contribution in [3.63, 3.8) is 0 Å². The number of benzene rings is 1. The van der Waals surface area contributed by atoms with Crippen LogP contribution in [0.2, 0.25) is 0 Å². The molecule has 2 heterocycles. The number of hydrogen-bond acceptors (Lipinski definition) is 4. The molecule has 5 heteroatoms. The molecule has 0 spiro atoms. The van der Waals surface area contributed by atoms with Crippen molar-refractivity contribution < 1.29 is 15.0 Å². The first-order valence-corrected chi connectivity index (χ1v) is 9.35. The van der Waals surface area contributed by atoms with Crippen molar-refractivity contribution >= 4 is 5.91 Å². The van der Waals surface area contributed by atoms with E-state index in [1.54, 1.807) is 0 Å². The van der Waals surface area contributed by atoms with Crippen LogP contribution >= 0.6 is 0 Å². The van der Waals surface area contributed by atoms with E-state index < -0.39 is 0 Å². The molecule has 1 aromatic carbocycles. The molecular weight excluding hydrogens is 316 g/mol. The second-order valence-electron chi connectivity index (χ2n) is 7.76. The number of hydrogen-bond donors (Lipinski definition) is 2. The van der Waals surface area contributed by atoms with Crippen molar-refractivity contribution in [3.8, 4) is 0 Å². The van der Waals surface area contributed by atoms with Gasteiger partial charge >= 0.3 is 0 Å². The summed E-state index contributed by atoms with van der Waals surface area (Å²) >= 11 is 0. The topological polar surface area (TPSA) is 64.0 Å². The average molecular weight is 346 g/mol. The normalized spacial score (nSPS) is 25.5. The van der Waals surface area contributed by atoms with Crippen molar-refractivity contribution in [2.75, 3.05) is 39.3 Å². The van der Waals surface area contributed by atoms with E-state index in [-0.39, 0.29) is 24.5 Å². The maximum absolute atomic E-state index is 13.0. The Balaban J connectivity index is 1.66. The number of piperidine rings is 1. The smallest absolute Gasteiger partial charge is 0.254 e. The highest BCUT2D eigenvalue weighted by Crippen LogP contribution is 2.27. The average Bonchev–Trinajstić information content (AvgIpc) is 3.01. The maximum Gasteiger partial charge on any atom is 0.254 e. The molecule has 0 aromatic heterocycles. The number of carbonyl (C=O) groups is 1. The number of aliphatic hydroxyl groups is 2. The molecular formula is C20H30N2O3. The summed E-state index contributed by atoms with van der Waals surface area (Å²) in [5, 5.41) is 19.4. The summed E-state index contributed by atoms with van der Waals surface area (Å²) in [7, 11) is 0. The first kappa shape index (κ1) is 18.4. The van der Waals surface area contributed by atoms with Crippen LogP contribution in [0, 0.1) is 25.7 Å². The number of amides is 1. The highest BCUT2D eigenvalue weighted by atomic mass is 16.3. The Labute approximate surface area is 150 Å². The molecule has 0 bridgehead atoms. The predicted octanol–water partition coefficient (Wildman–Crippen LogP) is 1.44. The lowest BCUT2D eigenvalue weighted by atomic mass is 9.95. The quantitative estimate of drug-likeness (QED) is 0.866. The van der Waals surface area contributed by atoms with E-state index in [9.17, 15) is 15.0 Å². The van der Waals surface area contributed by atoms with Gasteiger partial charge in [0.2, 0.25) is 0 Å². The molecule has 25 heavy (non-hydrogen) atoms. The molecule has 2 fully saturated rings. The van der Waals surface area contributed by atoms with Gasteiger partial charge in [0.25, 0.3) is 5.91 Å². The molecule has 0 saturated carbocycles. The summed E-state index contributed by atoms with van der Waals surface area (Å²) in [6.45, 7) is 8.14. The van der Waals surface area contributed by atoms with E-state index in [0.29, 0.717) is 19.0 Å². The summed E-state index contributed by atoms with van der Waals surface area (Å²) in [5.74, 6) is 0.520. The molecule has 2 aliphatic rings. The first-order chi connectivity index (χ1) is 12.0. The predicted molar refractivity (Wildman–Crippen MR) is 97.6 cm³/mol. The molecule has 0 unspecified atom stereocenters. The van der Waals surface area contributed by atoms with Crippen molar-refractivity contribution in [2.45, 2.75) is 32.8 Å². The standard InChI is InChI=1S/C20H30N2O3/c1-14-3-4-15(2)19(9-14)20(25)22-11-16(17(12-22)13-23)10-21-7-5-18(24)6-8-21/h3-4,9,16-18,23-24H,5-8,10-13H2,1-2H3/t16-,17-/m1/s1. The van der Waals surface area contributed by atoms with Gasteiger partial charge in [-0.15, -0.1) is 0 Å². The number of likely N-dealkylation sites (tertiary alicyclic amines) is 2. The molecule has 3 rings (SSSR count). The minimum absolute atomic E-state index is 0.0798. The lowest BCUT2D eigenvalue weighted by Crippen LogP contribution is -2.40. The van der Waals surface area contributed by atoms with Gasteiger partial charge in [-0.3, -0.25) is 4.79 Å². The van der Waals surface area contributed by atoms with E-state index in [1.807, 2.05) is 36.9 Å². The third-order valence-corrected chi connectivity index (χ3v) is 5.77. The van der Waals surface area contributed by atoms with Crippen LogP contribution in [-0.2, 0) is 0 Å². The fourth-order valence-corrected chi connectivity index (χ4v) is 4.09. The van der Waals surface area contributed by atoms with E-state index in [1.165, 1.54) is 0 Å². The number of nitrogens with zero attached hydrogens (tertiary/aromatic N) is 2. The number of aliphatic hydroxyl groups excluding tert-OH is 2. The molecule has 2 N–H and O–H groups in total. The van der Waals surface area contributed by atoms with Gasteiger partial charge in [0.1, 0.15) is 0 Å². The minimum atomic E-state index is -0.171. The second-order valence-corrected chi connectivity index (χ2v) is 7.76. The van der Waals surface area contributed by atoms with E-state index >= 15 is 0 Å². The highest BCUT2D eigenvalue weighted by Gasteiger charge is 2.36. The largest absolute Gasteiger partial charge is 0.396 e. The van der Waals surface area contributed by atoms with Gasteiger partial charge in [-0.2, -0.15) is 0 Å². The van der Waals surface area contributed by atoms with Gasteiger partial charge in [0.15, 0.2) is 0 Å². The Hall–Kier alpha value is -1.43. The molecule has 1 amide bonds. The number of aryl methyl sites for hydroxylation is 2. The Morgan fingerprint density at radius 2 is 1.84 bits per heavy atom. The fraction of sp³-hybridized carbons (Fsp3) is 0.650. The summed E-state index contributed by atoms with van der Waals surface area (Å²) in [6.07, 6.45) is 1.47. The van der Waals surface area contributed by atoms with Crippen LogP contribution < -0.4 is 0 Å². The zero-order valence-corrected chi connectivity index (χ0v) is 15.3. The van der Waals surface area contributed by atoms with Crippen LogP contribution in [0.25, 0.3) is 0 Å². The van der Waals surface area contributed by atoms with Gasteiger partial charge in [0.05, 0.1) is 6.10 Å². The van der Waals surface area contributed by atoms with Gasteiger partial charge < -0.3 is 20.0 Å². The van der Waals surface area contributed by atoms with E-state index in [4.69, 9.17) is 0 Å². The monoisotopic (exact) mass is 346 g/mol. The maximum atomic E-state index is 13.0. The molecule has 0 radical (unpaired) electrons. The van der Waals surface area contributed by atoms with Crippen LogP contribution in [0.4, 0.5) is 0 Å². The zero-order chi connectivity index (χ0) is 18.0. The van der Waals surface area contributed by atoms with Crippen molar-refractivity contribution in [1.29, 1.82) is 0 Å². The van der Waals surface area contributed by atoms with Crippen molar-refractivity contribution in [1.82, 2.24) is 9.80 Å². The van der Waals surface area contributed by atoms with E-state index in [2.05, 4.69) is 4.90 Å².